The first-order valence-corrected chi connectivity index (χ1v) is 9.57. The lowest BCUT2D eigenvalue weighted by atomic mass is 9.91. The molecule has 0 radical (unpaired) electrons. The van der Waals surface area contributed by atoms with Gasteiger partial charge in [-0.3, -0.25) is 4.79 Å². The number of rotatable bonds is 8. The van der Waals surface area contributed by atoms with Crippen molar-refractivity contribution in [2.24, 2.45) is 0 Å². The molecule has 0 saturated heterocycles. The van der Waals surface area contributed by atoms with Crippen LogP contribution in [0.3, 0.4) is 0 Å². The van der Waals surface area contributed by atoms with Gasteiger partial charge in [0.1, 0.15) is 17.2 Å². The van der Waals surface area contributed by atoms with Crippen LogP contribution in [0.25, 0.3) is 11.1 Å². The van der Waals surface area contributed by atoms with E-state index in [9.17, 15) is 19.8 Å². The van der Waals surface area contributed by atoms with Crippen LogP contribution in [-0.2, 0) is 16.0 Å². The fraction of sp³-hybridized carbons (Fsp3) is 0.120. The molecular formula is C25H22O6. The molecule has 0 unspecified atom stereocenters. The fourth-order valence-corrected chi connectivity index (χ4v) is 3.26. The van der Waals surface area contributed by atoms with Gasteiger partial charge in [-0.25, -0.2) is 4.79 Å². The van der Waals surface area contributed by atoms with Crippen molar-refractivity contribution in [2.45, 2.75) is 6.42 Å². The van der Waals surface area contributed by atoms with Gasteiger partial charge in [0.15, 0.2) is 5.78 Å². The summed E-state index contributed by atoms with van der Waals surface area (Å²) in [6.07, 6.45) is 1.42. The van der Waals surface area contributed by atoms with Crippen LogP contribution < -0.4 is 4.74 Å². The number of esters is 1. The van der Waals surface area contributed by atoms with Crippen molar-refractivity contribution < 1.29 is 29.3 Å². The van der Waals surface area contributed by atoms with Crippen molar-refractivity contribution in [1.82, 2.24) is 0 Å². The molecule has 0 fully saturated rings. The summed E-state index contributed by atoms with van der Waals surface area (Å²) in [6, 6.07) is 16.3. The molecule has 0 aromatic heterocycles. The van der Waals surface area contributed by atoms with E-state index in [2.05, 4.69) is 6.58 Å². The van der Waals surface area contributed by atoms with E-state index in [1.54, 1.807) is 48.5 Å². The van der Waals surface area contributed by atoms with Crippen LogP contribution in [0.1, 0.15) is 21.5 Å². The average Bonchev–Trinajstić information content (AvgIpc) is 2.79. The molecule has 0 heterocycles. The molecule has 0 aliphatic rings. The van der Waals surface area contributed by atoms with Gasteiger partial charge in [-0.05, 0) is 29.3 Å². The van der Waals surface area contributed by atoms with Crippen LogP contribution in [0.2, 0.25) is 0 Å². The van der Waals surface area contributed by atoms with Crippen LogP contribution in [0.15, 0.2) is 73.3 Å². The van der Waals surface area contributed by atoms with Crippen molar-refractivity contribution in [1.29, 1.82) is 0 Å². The van der Waals surface area contributed by atoms with Gasteiger partial charge in [0, 0.05) is 29.7 Å². The number of ether oxygens (including phenoxy) is 2. The van der Waals surface area contributed by atoms with E-state index < -0.39 is 5.97 Å². The third kappa shape index (κ3) is 4.75. The molecule has 158 valence electrons. The molecule has 0 saturated carbocycles. The summed E-state index contributed by atoms with van der Waals surface area (Å²) in [4.78, 5) is 24.4. The Hall–Kier alpha value is -4.06. The minimum atomic E-state index is -0.531. The summed E-state index contributed by atoms with van der Waals surface area (Å²) >= 11 is 0. The van der Waals surface area contributed by atoms with E-state index in [1.165, 1.54) is 19.2 Å². The molecule has 6 heteroatoms. The molecule has 0 spiro atoms. The first-order chi connectivity index (χ1) is 15.0. The second-order valence-electron chi connectivity index (χ2n) is 6.69. The highest BCUT2D eigenvalue weighted by Gasteiger charge is 2.20. The van der Waals surface area contributed by atoms with Crippen LogP contribution in [-0.4, -0.2) is 35.7 Å². The molecule has 0 bridgehead atoms. The summed E-state index contributed by atoms with van der Waals surface area (Å²) in [5.74, 6) is -0.658. The Morgan fingerprint density at radius 3 is 2.29 bits per heavy atom. The third-order valence-corrected chi connectivity index (χ3v) is 4.79. The summed E-state index contributed by atoms with van der Waals surface area (Å²) in [6.45, 7) is 3.46. The van der Waals surface area contributed by atoms with E-state index in [1.807, 2.05) is 0 Å². The van der Waals surface area contributed by atoms with Crippen molar-refractivity contribution in [2.75, 3.05) is 13.7 Å². The zero-order valence-electron chi connectivity index (χ0n) is 17.0. The smallest absolute Gasteiger partial charge is 0.330 e. The number of para-hydroxylation sites is 1. The second kappa shape index (κ2) is 9.63. The fourth-order valence-electron chi connectivity index (χ4n) is 3.26. The van der Waals surface area contributed by atoms with Crippen molar-refractivity contribution in [3.8, 4) is 28.4 Å². The quantitative estimate of drug-likeness (QED) is 0.322. The summed E-state index contributed by atoms with van der Waals surface area (Å²) in [7, 11) is 1.48. The highest BCUT2D eigenvalue weighted by Crippen LogP contribution is 2.38. The summed E-state index contributed by atoms with van der Waals surface area (Å²) in [5, 5.41) is 20.7. The number of aromatic hydroxyl groups is 2. The van der Waals surface area contributed by atoms with Crippen molar-refractivity contribution in [3.63, 3.8) is 0 Å². The van der Waals surface area contributed by atoms with Gasteiger partial charge in [-0.15, -0.1) is 0 Å². The Morgan fingerprint density at radius 2 is 1.61 bits per heavy atom. The van der Waals surface area contributed by atoms with E-state index in [-0.39, 0.29) is 29.5 Å². The molecule has 0 aliphatic carbocycles. The zero-order chi connectivity index (χ0) is 22.4. The van der Waals surface area contributed by atoms with Crippen LogP contribution in [0.4, 0.5) is 0 Å². The number of carbonyl (C=O) groups excluding carboxylic acids is 2. The van der Waals surface area contributed by atoms with Gasteiger partial charge in [-0.1, -0.05) is 43.0 Å². The average molecular weight is 418 g/mol. The molecule has 2 N–H and O–H groups in total. The third-order valence-electron chi connectivity index (χ3n) is 4.79. The van der Waals surface area contributed by atoms with Gasteiger partial charge in [0.25, 0.3) is 0 Å². The SMILES string of the molecule is C=CC(=O)OCCc1cc(-c2ccccc2C(=O)c2ccccc2O)c(O)cc1OC. The van der Waals surface area contributed by atoms with Crippen molar-refractivity contribution in [3.05, 3.63) is 90.0 Å². The van der Waals surface area contributed by atoms with Gasteiger partial charge < -0.3 is 19.7 Å². The summed E-state index contributed by atoms with van der Waals surface area (Å²) in [5.41, 5.74) is 2.11. The van der Waals surface area contributed by atoms with E-state index in [4.69, 9.17) is 9.47 Å². The van der Waals surface area contributed by atoms with Crippen molar-refractivity contribution >= 4 is 11.8 Å². The van der Waals surface area contributed by atoms with Gasteiger partial charge in [0.2, 0.25) is 0 Å². The van der Waals surface area contributed by atoms with Crippen LogP contribution in [0, 0.1) is 0 Å². The number of hydrogen-bond acceptors (Lipinski definition) is 6. The van der Waals surface area contributed by atoms with Crippen LogP contribution in [0.5, 0.6) is 17.2 Å². The Morgan fingerprint density at radius 1 is 0.935 bits per heavy atom. The number of methoxy groups -OCH3 is 1. The van der Waals surface area contributed by atoms with Gasteiger partial charge in [0.05, 0.1) is 19.3 Å². The molecule has 3 rings (SSSR count). The Labute approximate surface area is 180 Å². The molecule has 0 amide bonds. The molecular weight excluding hydrogens is 396 g/mol. The Kier molecular flexibility index (Phi) is 6.72. The number of carbonyl (C=O) groups is 2. The van der Waals surface area contributed by atoms with E-state index in [0.717, 1.165) is 6.08 Å². The van der Waals surface area contributed by atoms with E-state index >= 15 is 0 Å². The zero-order valence-corrected chi connectivity index (χ0v) is 17.0. The Bertz CT molecular complexity index is 1130. The molecule has 3 aromatic rings. The lowest BCUT2D eigenvalue weighted by molar-refractivity contribution is -0.137. The molecule has 6 nitrogen and oxygen atoms in total. The first kappa shape index (κ1) is 21.6. The predicted molar refractivity (Wildman–Crippen MR) is 116 cm³/mol. The lowest BCUT2D eigenvalue weighted by Crippen LogP contribution is -2.06. The minimum Gasteiger partial charge on any atom is -0.507 e. The number of benzene rings is 3. The lowest BCUT2D eigenvalue weighted by Gasteiger charge is -2.15. The van der Waals surface area contributed by atoms with Gasteiger partial charge >= 0.3 is 5.97 Å². The molecule has 0 atom stereocenters. The predicted octanol–water partition coefficient (Wildman–Crippen LogP) is 4.28. The highest BCUT2D eigenvalue weighted by molar-refractivity contribution is 6.14. The maximum absolute atomic E-state index is 13.1. The topological polar surface area (TPSA) is 93.1 Å². The number of phenolic OH excluding ortho intramolecular Hbond substituents is 2. The van der Waals surface area contributed by atoms with E-state index in [0.29, 0.717) is 34.4 Å². The number of phenols is 2. The van der Waals surface area contributed by atoms with Crippen LogP contribution >= 0.6 is 0 Å². The molecule has 31 heavy (non-hydrogen) atoms. The second-order valence-corrected chi connectivity index (χ2v) is 6.69. The Balaban J connectivity index is 2.04. The molecule has 3 aromatic carbocycles. The minimum absolute atomic E-state index is 0.0683. The normalized spacial score (nSPS) is 10.4. The standard InChI is InChI=1S/C25H22O6/c1-3-24(28)31-13-12-16-14-20(22(27)15-23(16)30-2)17-8-4-5-9-18(17)25(29)19-10-6-7-11-21(19)26/h3-11,14-15,26-27H,1,12-13H2,2H3. The largest absolute Gasteiger partial charge is 0.507 e. The van der Waals surface area contributed by atoms with Gasteiger partial charge in [-0.2, -0.15) is 0 Å². The molecule has 0 aliphatic heterocycles. The monoisotopic (exact) mass is 418 g/mol. The highest BCUT2D eigenvalue weighted by atomic mass is 16.5. The maximum atomic E-state index is 13.1. The number of ketones is 1. The first-order valence-electron chi connectivity index (χ1n) is 9.57. The maximum Gasteiger partial charge on any atom is 0.330 e. The summed E-state index contributed by atoms with van der Waals surface area (Å²) < 4.78 is 10.4. The number of hydrogen-bond donors (Lipinski definition) is 2.